The monoisotopic (exact) mass is 387 g/mol. The minimum absolute atomic E-state index is 0.0995. The quantitative estimate of drug-likeness (QED) is 0.533. The molecule has 3 aromatic heterocycles. The third-order valence-corrected chi connectivity index (χ3v) is 5.89. The Labute approximate surface area is 169 Å². The molecule has 29 heavy (non-hydrogen) atoms. The highest BCUT2D eigenvalue weighted by Gasteiger charge is 2.33. The van der Waals surface area contributed by atoms with Gasteiger partial charge in [-0.2, -0.15) is 0 Å². The van der Waals surface area contributed by atoms with Crippen molar-refractivity contribution in [2.24, 2.45) is 5.92 Å². The van der Waals surface area contributed by atoms with Gasteiger partial charge in [-0.15, -0.1) is 0 Å². The maximum atomic E-state index is 10.6. The van der Waals surface area contributed by atoms with Crippen LogP contribution in [0.1, 0.15) is 18.5 Å². The highest BCUT2D eigenvalue weighted by atomic mass is 16.3. The Morgan fingerprint density at radius 3 is 2.72 bits per heavy atom. The Bertz CT molecular complexity index is 1090. The number of pyridine rings is 1. The average molecular weight is 387 g/mol. The van der Waals surface area contributed by atoms with Crippen molar-refractivity contribution < 1.29 is 5.11 Å². The fraction of sp³-hybridized carbons (Fsp3) is 0.304. The first kappa shape index (κ1) is 18.1. The number of aromatic nitrogens is 4. The van der Waals surface area contributed by atoms with E-state index in [4.69, 9.17) is 0 Å². The largest absolute Gasteiger partial charge is 0.391 e. The molecular weight excluding hydrogens is 362 g/mol. The third-order valence-electron chi connectivity index (χ3n) is 5.89. The van der Waals surface area contributed by atoms with Crippen LogP contribution >= 0.6 is 0 Å². The van der Waals surface area contributed by atoms with Crippen LogP contribution in [0.5, 0.6) is 0 Å². The summed E-state index contributed by atoms with van der Waals surface area (Å²) in [6, 6.07) is 16.5. The van der Waals surface area contributed by atoms with Gasteiger partial charge in [-0.25, -0.2) is 9.97 Å². The summed E-state index contributed by atoms with van der Waals surface area (Å²) in [5.74, 6) is 1.41. The Morgan fingerprint density at radius 1 is 0.966 bits per heavy atom. The lowest BCUT2D eigenvalue weighted by atomic mass is 10.1. The molecule has 6 nitrogen and oxygen atoms in total. The summed E-state index contributed by atoms with van der Waals surface area (Å²) in [4.78, 5) is 8.88. The van der Waals surface area contributed by atoms with Crippen molar-refractivity contribution in [1.82, 2.24) is 24.3 Å². The first-order valence-electron chi connectivity index (χ1n) is 10.2. The molecule has 0 amide bonds. The number of benzene rings is 1. The molecule has 1 saturated carbocycles. The van der Waals surface area contributed by atoms with Crippen molar-refractivity contribution in [3.05, 3.63) is 79.0 Å². The maximum Gasteiger partial charge on any atom is 0.139 e. The maximum absolute atomic E-state index is 10.6. The van der Waals surface area contributed by atoms with Gasteiger partial charge in [0.05, 0.1) is 6.10 Å². The molecular formula is C23H25N5O. The Kier molecular flexibility index (Phi) is 4.87. The predicted molar refractivity (Wildman–Crippen MR) is 112 cm³/mol. The first-order chi connectivity index (χ1) is 14.3. The number of nitrogens with zero attached hydrogens (tertiary/aromatic N) is 4. The van der Waals surface area contributed by atoms with Gasteiger partial charge in [-0.3, -0.25) is 0 Å². The molecule has 3 heterocycles. The third kappa shape index (κ3) is 3.69. The highest BCUT2D eigenvalue weighted by Crippen LogP contribution is 2.29. The van der Waals surface area contributed by atoms with Crippen LogP contribution in [0.15, 0.2) is 73.3 Å². The molecule has 1 unspecified atom stereocenters. The molecule has 1 aliphatic carbocycles. The normalized spacial score (nSPS) is 21.8. The van der Waals surface area contributed by atoms with Crippen molar-refractivity contribution in [1.29, 1.82) is 0 Å². The molecule has 0 bridgehead atoms. The van der Waals surface area contributed by atoms with Crippen LogP contribution in [0.2, 0.25) is 0 Å². The molecule has 0 spiro atoms. The summed E-state index contributed by atoms with van der Waals surface area (Å²) in [5, 5.41) is 14.2. The van der Waals surface area contributed by atoms with Gasteiger partial charge in [0.25, 0.3) is 0 Å². The summed E-state index contributed by atoms with van der Waals surface area (Å²) in [5.41, 5.74) is 3.22. The van der Waals surface area contributed by atoms with Gasteiger partial charge in [0, 0.05) is 55.2 Å². The topological polar surface area (TPSA) is 67.4 Å². The van der Waals surface area contributed by atoms with Crippen molar-refractivity contribution in [2.45, 2.75) is 38.1 Å². The molecule has 1 aromatic carbocycles. The van der Waals surface area contributed by atoms with Crippen LogP contribution in [0, 0.1) is 5.92 Å². The molecule has 5 rings (SSSR count). The number of aliphatic hydroxyl groups is 1. The van der Waals surface area contributed by atoms with Gasteiger partial charge in [-0.05, 0) is 30.9 Å². The molecule has 148 valence electrons. The molecule has 2 N–H and O–H groups in total. The second-order valence-corrected chi connectivity index (χ2v) is 7.83. The van der Waals surface area contributed by atoms with E-state index in [2.05, 4.69) is 42.5 Å². The van der Waals surface area contributed by atoms with Crippen molar-refractivity contribution in [3.8, 4) is 11.4 Å². The van der Waals surface area contributed by atoms with E-state index in [0.29, 0.717) is 12.5 Å². The zero-order chi connectivity index (χ0) is 19.6. The number of nitrogens with one attached hydrogen (secondary N) is 1. The van der Waals surface area contributed by atoms with Gasteiger partial charge >= 0.3 is 0 Å². The highest BCUT2D eigenvalue weighted by molar-refractivity contribution is 5.55. The van der Waals surface area contributed by atoms with Gasteiger partial charge in [0.2, 0.25) is 0 Å². The second kappa shape index (κ2) is 7.81. The smallest absolute Gasteiger partial charge is 0.139 e. The summed E-state index contributed by atoms with van der Waals surface area (Å²) in [7, 11) is 0. The van der Waals surface area contributed by atoms with E-state index in [1.165, 1.54) is 0 Å². The fourth-order valence-corrected chi connectivity index (χ4v) is 4.46. The van der Waals surface area contributed by atoms with Crippen LogP contribution in [0.3, 0.4) is 0 Å². The van der Waals surface area contributed by atoms with E-state index < -0.39 is 0 Å². The van der Waals surface area contributed by atoms with Gasteiger partial charge < -0.3 is 19.4 Å². The van der Waals surface area contributed by atoms with Crippen molar-refractivity contribution >= 4 is 5.65 Å². The first-order valence-corrected chi connectivity index (χ1v) is 10.2. The minimum atomic E-state index is -0.328. The average Bonchev–Trinajstić information content (AvgIpc) is 3.47. The number of hydrogen-bond donors (Lipinski definition) is 2. The Morgan fingerprint density at radius 2 is 1.83 bits per heavy atom. The molecule has 0 radical (unpaired) electrons. The number of fused-ring (bicyclic) bond motifs is 1. The van der Waals surface area contributed by atoms with Gasteiger partial charge in [0.15, 0.2) is 0 Å². The van der Waals surface area contributed by atoms with Crippen molar-refractivity contribution in [3.63, 3.8) is 0 Å². The SMILES string of the molecule is O[C@@H]1CC(Cn2ccnc2-c2ccccc2)C[C@H]1NCc1cccc2nccn12. The Balaban J connectivity index is 1.24. The van der Waals surface area contributed by atoms with Gasteiger partial charge in [-0.1, -0.05) is 36.4 Å². The van der Waals surface area contributed by atoms with Gasteiger partial charge in [0.1, 0.15) is 11.5 Å². The lowest BCUT2D eigenvalue weighted by molar-refractivity contribution is 0.145. The molecule has 6 heteroatoms. The molecule has 4 aromatic rings. The van der Waals surface area contributed by atoms with E-state index in [0.717, 1.165) is 42.1 Å². The predicted octanol–water partition coefficient (Wildman–Crippen LogP) is 3.13. The number of aliphatic hydroxyl groups excluding tert-OH is 1. The minimum Gasteiger partial charge on any atom is -0.391 e. The van der Waals surface area contributed by atoms with E-state index in [-0.39, 0.29) is 12.1 Å². The summed E-state index contributed by atoms with van der Waals surface area (Å²) in [6.45, 7) is 1.58. The number of hydrogen-bond acceptors (Lipinski definition) is 4. The van der Waals surface area contributed by atoms with E-state index >= 15 is 0 Å². The summed E-state index contributed by atoms with van der Waals surface area (Å²) < 4.78 is 4.30. The lowest BCUT2D eigenvalue weighted by Crippen LogP contribution is -2.35. The zero-order valence-corrected chi connectivity index (χ0v) is 16.2. The van der Waals surface area contributed by atoms with Crippen LogP contribution in [0.4, 0.5) is 0 Å². The molecule has 3 atom stereocenters. The molecule has 1 aliphatic rings. The number of rotatable bonds is 6. The fourth-order valence-electron chi connectivity index (χ4n) is 4.46. The standard InChI is InChI=1S/C23H25N5O/c29-21-14-17(16-27-11-9-25-23(27)18-5-2-1-3-6-18)13-20(21)26-15-19-7-4-8-22-24-10-12-28(19)22/h1-12,17,20-21,26,29H,13-16H2/t17?,20-,21-/m1/s1. The van der Waals surface area contributed by atoms with Crippen molar-refractivity contribution in [2.75, 3.05) is 0 Å². The second-order valence-electron chi connectivity index (χ2n) is 7.83. The van der Waals surface area contributed by atoms with Crippen LogP contribution in [-0.4, -0.2) is 36.2 Å². The number of imidazole rings is 2. The van der Waals surface area contributed by atoms with Crippen LogP contribution in [-0.2, 0) is 13.1 Å². The van der Waals surface area contributed by atoms with E-state index in [9.17, 15) is 5.11 Å². The molecule has 1 fully saturated rings. The van der Waals surface area contributed by atoms with E-state index in [1.807, 2.05) is 55.1 Å². The summed E-state index contributed by atoms with van der Waals surface area (Å²) in [6.07, 6.45) is 9.11. The zero-order valence-electron chi connectivity index (χ0n) is 16.2. The molecule has 0 aliphatic heterocycles. The Hall–Kier alpha value is -2.96. The van der Waals surface area contributed by atoms with E-state index in [1.54, 1.807) is 0 Å². The lowest BCUT2D eigenvalue weighted by Gasteiger charge is -2.17. The van der Waals surface area contributed by atoms with Crippen LogP contribution in [0.25, 0.3) is 17.0 Å². The van der Waals surface area contributed by atoms with Crippen LogP contribution < -0.4 is 5.32 Å². The molecule has 0 saturated heterocycles. The summed E-state index contributed by atoms with van der Waals surface area (Å²) >= 11 is 0.